The third-order valence-electron chi connectivity index (χ3n) is 4.70. The maximum Gasteiger partial charge on any atom is 0.251 e. The van der Waals surface area contributed by atoms with E-state index in [4.69, 9.17) is 0 Å². The molecule has 2 aromatic carbocycles. The van der Waals surface area contributed by atoms with Gasteiger partial charge in [-0.25, -0.2) is 0 Å². The maximum atomic E-state index is 12.5. The van der Waals surface area contributed by atoms with Crippen LogP contribution in [0.5, 0.6) is 0 Å². The van der Waals surface area contributed by atoms with Crippen molar-refractivity contribution in [2.24, 2.45) is 0 Å². The molecule has 0 saturated carbocycles. The number of benzene rings is 2. The molecule has 3 rings (SSSR count). The first-order valence-corrected chi connectivity index (χ1v) is 9.62. The molecule has 0 bridgehead atoms. The Hall–Kier alpha value is -2.92. The minimum Gasteiger partial charge on any atom is -0.351 e. The Balaban J connectivity index is 1.51. The Kier molecular flexibility index (Phi) is 6.61. The number of likely N-dealkylation sites (N-methyl/N-ethyl adjacent to an activating group) is 1. The van der Waals surface area contributed by atoms with E-state index in [2.05, 4.69) is 40.6 Å². The predicted octanol–water partition coefficient (Wildman–Crippen LogP) is 3.41. The summed E-state index contributed by atoms with van der Waals surface area (Å²) >= 11 is 0. The van der Waals surface area contributed by atoms with Crippen LogP contribution in [0.2, 0.25) is 0 Å². The second-order valence-electron chi connectivity index (χ2n) is 7.26. The SMILES string of the molecule is Cc1cc(C)n(Cc2cccc(C(=O)NCCN(C)Cc3ccccc3)c2)n1. The molecule has 3 aromatic rings. The molecule has 0 atom stereocenters. The van der Waals surface area contributed by atoms with Gasteiger partial charge < -0.3 is 10.2 Å². The summed E-state index contributed by atoms with van der Waals surface area (Å²) in [5.74, 6) is -0.0386. The van der Waals surface area contributed by atoms with E-state index < -0.39 is 0 Å². The molecular formula is C23H28N4O. The average Bonchev–Trinajstić information content (AvgIpc) is 2.99. The van der Waals surface area contributed by atoms with Crippen molar-refractivity contribution in [1.29, 1.82) is 0 Å². The number of aromatic nitrogens is 2. The number of amides is 1. The molecule has 1 N–H and O–H groups in total. The van der Waals surface area contributed by atoms with Crippen LogP contribution in [-0.4, -0.2) is 40.7 Å². The molecule has 0 fully saturated rings. The number of aryl methyl sites for hydroxylation is 2. The normalized spacial score (nSPS) is 11.0. The number of hydrogen-bond donors (Lipinski definition) is 1. The molecule has 5 nitrogen and oxygen atoms in total. The second kappa shape index (κ2) is 9.33. The Bertz CT molecular complexity index is 917. The first-order valence-electron chi connectivity index (χ1n) is 9.62. The maximum absolute atomic E-state index is 12.5. The second-order valence-corrected chi connectivity index (χ2v) is 7.26. The van der Waals surface area contributed by atoms with E-state index in [0.29, 0.717) is 18.7 Å². The fourth-order valence-electron chi connectivity index (χ4n) is 3.26. The van der Waals surface area contributed by atoms with E-state index in [1.807, 2.05) is 61.0 Å². The number of hydrogen-bond acceptors (Lipinski definition) is 3. The minimum atomic E-state index is -0.0386. The van der Waals surface area contributed by atoms with E-state index in [1.165, 1.54) is 5.56 Å². The van der Waals surface area contributed by atoms with Crippen LogP contribution in [0.1, 0.15) is 32.9 Å². The molecule has 1 heterocycles. The summed E-state index contributed by atoms with van der Waals surface area (Å²) in [7, 11) is 2.06. The number of carbonyl (C=O) groups excluding carboxylic acids is 1. The average molecular weight is 377 g/mol. The highest BCUT2D eigenvalue weighted by atomic mass is 16.1. The summed E-state index contributed by atoms with van der Waals surface area (Å²) in [6.45, 7) is 6.98. The zero-order valence-corrected chi connectivity index (χ0v) is 16.9. The lowest BCUT2D eigenvalue weighted by atomic mass is 10.1. The fourth-order valence-corrected chi connectivity index (χ4v) is 3.26. The lowest BCUT2D eigenvalue weighted by molar-refractivity contribution is 0.0949. The summed E-state index contributed by atoms with van der Waals surface area (Å²) in [6.07, 6.45) is 0. The fraction of sp³-hybridized carbons (Fsp3) is 0.304. The van der Waals surface area contributed by atoms with E-state index >= 15 is 0 Å². The smallest absolute Gasteiger partial charge is 0.251 e. The van der Waals surface area contributed by atoms with E-state index in [9.17, 15) is 4.79 Å². The van der Waals surface area contributed by atoms with Gasteiger partial charge in [0.25, 0.3) is 5.91 Å². The number of nitrogens with one attached hydrogen (secondary N) is 1. The van der Waals surface area contributed by atoms with Gasteiger partial charge in [0.1, 0.15) is 0 Å². The van der Waals surface area contributed by atoms with Crippen LogP contribution >= 0.6 is 0 Å². The van der Waals surface area contributed by atoms with Crippen molar-refractivity contribution in [3.63, 3.8) is 0 Å². The highest BCUT2D eigenvalue weighted by Gasteiger charge is 2.08. The summed E-state index contributed by atoms with van der Waals surface area (Å²) in [4.78, 5) is 14.7. The largest absolute Gasteiger partial charge is 0.351 e. The molecule has 146 valence electrons. The quantitative estimate of drug-likeness (QED) is 0.655. The van der Waals surface area contributed by atoms with E-state index in [0.717, 1.165) is 30.0 Å². The van der Waals surface area contributed by atoms with Gasteiger partial charge in [-0.1, -0.05) is 42.5 Å². The first kappa shape index (κ1) is 19.8. The van der Waals surface area contributed by atoms with Crippen LogP contribution in [0, 0.1) is 13.8 Å². The van der Waals surface area contributed by atoms with Crippen LogP contribution in [0.3, 0.4) is 0 Å². The molecule has 0 aliphatic rings. The molecule has 1 aromatic heterocycles. The van der Waals surface area contributed by atoms with Gasteiger partial charge in [-0.2, -0.15) is 5.10 Å². The number of rotatable bonds is 8. The van der Waals surface area contributed by atoms with Crippen molar-refractivity contribution < 1.29 is 4.79 Å². The Labute approximate surface area is 167 Å². The monoisotopic (exact) mass is 376 g/mol. The van der Waals surface area contributed by atoms with Gasteiger partial charge in [0.05, 0.1) is 12.2 Å². The predicted molar refractivity (Wildman–Crippen MR) is 112 cm³/mol. The third kappa shape index (κ3) is 5.54. The summed E-state index contributed by atoms with van der Waals surface area (Å²) in [5.41, 5.74) is 5.15. The number of carbonyl (C=O) groups is 1. The van der Waals surface area contributed by atoms with Crippen LogP contribution in [0.15, 0.2) is 60.7 Å². The summed E-state index contributed by atoms with van der Waals surface area (Å²) < 4.78 is 1.96. The number of nitrogens with zero attached hydrogens (tertiary/aromatic N) is 3. The molecule has 0 saturated heterocycles. The Morgan fingerprint density at radius 1 is 1.04 bits per heavy atom. The zero-order valence-electron chi connectivity index (χ0n) is 16.9. The Morgan fingerprint density at radius 3 is 2.50 bits per heavy atom. The van der Waals surface area contributed by atoms with Crippen molar-refractivity contribution >= 4 is 5.91 Å². The molecule has 0 unspecified atom stereocenters. The van der Waals surface area contributed by atoms with Crippen molar-refractivity contribution in [1.82, 2.24) is 20.0 Å². The summed E-state index contributed by atoms with van der Waals surface area (Å²) in [5, 5.41) is 7.51. The zero-order chi connectivity index (χ0) is 19.9. The van der Waals surface area contributed by atoms with Crippen molar-refractivity contribution in [3.8, 4) is 0 Å². The first-order chi connectivity index (χ1) is 13.5. The molecule has 0 radical (unpaired) electrons. The standard InChI is InChI=1S/C23H28N4O/c1-18-14-19(2)27(25-18)17-21-10-7-11-22(15-21)23(28)24-12-13-26(3)16-20-8-5-4-6-9-20/h4-11,14-15H,12-13,16-17H2,1-3H3,(H,24,28). The molecule has 5 heteroatoms. The van der Waals surface area contributed by atoms with E-state index in [1.54, 1.807) is 0 Å². The lowest BCUT2D eigenvalue weighted by Crippen LogP contribution is -2.32. The highest BCUT2D eigenvalue weighted by Crippen LogP contribution is 2.10. The third-order valence-corrected chi connectivity index (χ3v) is 4.70. The van der Waals surface area contributed by atoms with Crippen molar-refractivity contribution in [2.45, 2.75) is 26.9 Å². The van der Waals surface area contributed by atoms with Gasteiger partial charge in [-0.15, -0.1) is 0 Å². The van der Waals surface area contributed by atoms with Crippen LogP contribution in [-0.2, 0) is 13.1 Å². The Morgan fingerprint density at radius 2 is 1.79 bits per heavy atom. The summed E-state index contributed by atoms with van der Waals surface area (Å²) in [6, 6.07) is 20.2. The van der Waals surface area contributed by atoms with Gasteiger partial charge in [-0.05, 0) is 50.2 Å². The van der Waals surface area contributed by atoms with Crippen molar-refractivity contribution in [3.05, 3.63) is 88.7 Å². The van der Waals surface area contributed by atoms with Gasteiger partial charge in [0.15, 0.2) is 0 Å². The molecule has 1 amide bonds. The van der Waals surface area contributed by atoms with Crippen LogP contribution in [0.25, 0.3) is 0 Å². The highest BCUT2D eigenvalue weighted by molar-refractivity contribution is 5.94. The van der Waals surface area contributed by atoms with Crippen LogP contribution < -0.4 is 5.32 Å². The molecule has 28 heavy (non-hydrogen) atoms. The molecule has 0 aliphatic heterocycles. The molecule has 0 spiro atoms. The van der Waals surface area contributed by atoms with Gasteiger partial charge in [0.2, 0.25) is 0 Å². The van der Waals surface area contributed by atoms with Gasteiger partial charge >= 0.3 is 0 Å². The van der Waals surface area contributed by atoms with E-state index in [-0.39, 0.29) is 5.91 Å². The lowest BCUT2D eigenvalue weighted by Gasteiger charge is -2.17. The van der Waals surface area contributed by atoms with Crippen molar-refractivity contribution in [2.75, 3.05) is 20.1 Å². The molecular weight excluding hydrogens is 348 g/mol. The van der Waals surface area contributed by atoms with Gasteiger partial charge in [-0.3, -0.25) is 9.48 Å². The van der Waals surface area contributed by atoms with Crippen LogP contribution in [0.4, 0.5) is 0 Å². The molecule has 0 aliphatic carbocycles. The topological polar surface area (TPSA) is 50.2 Å². The van der Waals surface area contributed by atoms with Gasteiger partial charge in [0, 0.05) is 30.9 Å². The minimum absolute atomic E-state index is 0.0386.